The Morgan fingerprint density at radius 2 is 1.96 bits per heavy atom. The van der Waals surface area contributed by atoms with Crippen LogP contribution in [-0.2, 0) is 14.3 Å². The van der Waals surface area contributed by atoms with Crippen molar-refractivity contribution < 1.29 is 23.5 Å². The fourth-order valence-electron chi connectivity index (χ4n) is 2.03. The second-order valence-electron chi connectivity index (χ2n) is 5.20. The number of nitrogens with one attached hydrogen (secondary N) is 1. The van der Waals surface area contributed by atoms with Gasteiger partial charge in [0.05, 0.1) is 7.11 Å². The molecule has 0 atom stereocenters. The number of aryl methyl sites for hydroxylation is 1. The lowest BCUT2D eigenvalue weighted by Gasteiger charge is -2.07. The molecule has 0 aliphatic heterocycles. The highest BCUT2D eigenvalue weighted by Crippen LogP contribution is 2.18. The van der Waals surface area contributed by atoms with Crippen molar-refractivity contribution in [2.75, 3.05) is 19.0 Å². The van der Waals surface area contributed by atoms with Crippen LogP contribution >= 0.6 is 0 Å². The highest BCUT2D eigenvalue weighted by Gasteiger charge is 2.07. The average molecular weight is 343 g/mol. The summed E-state index contributed by atoms with van der Waals surface area (Å²) in [6.45, 7) is 1.45. The van der Waals surface area contributed by atoms with Gasteiger partial charge in [0.2, 0.25) is 0 Å². The van der Waals surface area contributed by atoms with Crippen molar-refractivity contribution >= 4 is 23.6 Å². The molecule has 2 aromatic rings. The van der Waals surface area contributed by atoms with E-state index in [-0.39, 0.29) is 5.75 Å². The van der Waals surface area contributed by atoms with Gasteiger partial charge in [0.1, 0.15) is 0 Å². The van der Waals surface area contributed by atoms with Gasteiger partial charge in [0, 0.05) is 11.8 Å². The highest BCUT2D eigenvalue weighted by molar-refractivity contribution is 5.95. The number of carbonyl (C=O) groups is 2. The molecule has 130 valence electrons. The fraction of sp³-hybridized carbons (Fsp3) is 0.158. The second kappa shape index (κ2) is 8.63. The largest absolute Gasteiger partial charge is 0.494 e. The number of hydrogen-bond donors (Lipinski definition) is 1. The fourth-order valence-corrected chi connectivity index (χ4v) is 2.03. The first-order chi connectivity index (χ1) is 12.0. The second-order valence-corrected chi connectivity index (χ2v) is 5.20. The molecule has 0 unspecified atom stereocenters. The number of methoxy groups -OCH3 is 1. The first-order valence-electron chi connectivity index (χ1n) is 7.53. The number of rotatable bonds is 6. The Labute approximate surface area is 145 Å². The number of esters is 1. The van der Waals surface area contributed by atoms with E-state index in [9.17, 15) is 14.0 Å². The van der Waals surface area contributed by atoms with Gasteiger partial charge in [-0.05, 0) is 42.3 Å². The zero-order chi connectivity index (χ0) is 18.2. The molecular weight excluding hydrogens is 325 g/mol. The maximum atomic E-state index is 13.5. The molecule has 2 aromatic carbocycles. The highest BCUT2D eigenvalue weighted by atomic mass is 19.1. The van der Waals surface area contributed by atoms with Crippen LogP contribution in [0.3, 0.4) is 0 Å². The maximum absolute atomic E-state index is 13.5. The predicted octanol–water partition coefficient (Wildman–Crippen LogP) is 3.34. The van der Waals surface area contributed by atoms with Gasteiger partial charge in [-0.2, -0.15) is 0 Å². The number of carbonyl (C=O) groups excluding carboxylic acids is 2. The number of hydrogen-bond acceptors (Lipinski definition) is 4. The number of amides is 1. The third-order valence-electron chi connectivity index (χ3n) is 3.35. The van der Waals surface area contributed by atoms with Crippen LogP contribution < -0.4 is 10.1 Å². The summed E-state index contributed by atoms with van der Waals surface area (Å²) in [5.74, 6) is -1.55. The molecule has 0 spiro atoms. The number of halogens is 1. The number of para-hydroxylation sites is 1. The van der Waals surface area contributed by atoms with Gasteiger partial charge < -0.3 is 14.8 Å². The standard InChI is InChI=1S/C19H18FNO4/c1-13-5-3-4-6-16(13)21-18(22)12-25-19(23)10-8-14-7-9-17(24-2)15(20)11-14/h3-11H,12H2,1-2H3,(H,21,22)/b10-8+. The summed E-state index contributed by atoms with van der Waals surface area (Å²) in [6, 6.07) is 11.6. The summed E-state index contributed by atoms with van der Waals surface area (Å²) in [5.41, 5.74) is 2.04. The SMILES string of the molecule is COc1ccc(/C=C/C(=O)OCC(=O)Nc2ccccc2C)cc1F. The Bertz CT molecular complexity index is 802. The van der Waals surface area contributed by atoms with Crippen molar-refractivity contribution in [1.82, 2.24) is 0 Å². The van der Waals surface area contributed by atoms with Crippen molar-refractivity contribution in [2.45, 2.75) is 6.92 Å². The van der Waals surface area contributed by atoms with Crippen LogP contribution in [0.2, 0.25) is 0 Å². The first kappa shape index (κ1) is 18.2. The molecule has 1 N–H and O–H groups in total. The Morgan fingerprint density at radius 3 is 2.64 bits per heavy atom. The first-order valence-corrected chi connectivity index (χ1v) is 7.53. The smallest absolute Gasteiger partial charge is 0.331 e. The van der Waals surface area contributed by atoms with Crippen molar-refractivity contribution in [3.63, 3.8) is 0 Å². The van der Waals surface area contributed by atoms with Crippen LogP contribution in [0.5, 0.6) is 5.75 Å². The van der Waals surface area contributed by atoms with Crippen LogP contribution in [0.15, 0.2) is 48.5 Å². The van der Waals surface area contributed by atoms with Crippen molar-refractivity contribution in [2.24, 2.45) is 0 Å². The van der Waals surface area contributed by atoms with E-state index in [0.717, 1.165) is 11.6 Å². The molecule has 0 saturated heterocycles. The van der Waals surface area contributed by atoms with Gasteiger partial charge in [-0.1, -0.05) is 24.3 Å². The van der Waals surface area contributed by atoms with E-state index < -0.39 is 24.3 Å². The van der Waals surface area contributed by atoms with Crippen LogP contribution in [0.25, 0.3) is 6.08 Å². The number of ether oxygens (including phenoxy) is 2. The minimum absolute atomic E-state index is 0.118. The van der Waals surface area contributed by atoms with Gasteiger partial charge in [-0.25, -0.2) is 9.18 Å². The summed E-state index contributed by atoms with van der Waals surface area (Å²) in [7, 11) is 1.37. The lowest BCUT2D eigenvalue weighted by molar-refractivity contribution is -0.142. The van der Waals surface area contributed by atoms with E-state index in [2.05, 4.69) is 5.32 Å². The van der Waals surface area contributed by atoms with Gasteiger partial charge in [0.25, 0.3) is 5.91 Å². The molecule has 0 fully saturated rings. The van der Waals surface area contributed by atoms with Crippen molar-refractivity contribution in [3.8, 4) is 5.75 Å². The number of anilines is 1. The molecule has 0 saturated carbocycles. The van der Waals surface area contributed by atoms with Crippen LogP contribution in [0, 0.1) is 12.7 Å². The van der Waals surface area contributed by atoms with Crippen molar-refractivity contribution in [1.29, 1.82) is 0 Å². The zero-order valence-corrected chi connectivity index (χ0v) is 13.9. The van der Waals surface area contributed by atoms with Gasteiger partial charge in [0.15, 0.2) is 18.2 Å². The molecule has 6 heteroatoms. The molecule has 0 radical (unpaired) electrons. The molecule has 25 heavy (non-hydrogen) atoms. The zero-order valence-electron chi connectivity index (χ0n) is 13.9. The van der Waals surface area contributed by atoms with Crippen molar-refractivity contribution in [3.05, 3.63) is 65.5 Å². The Hall–Kier alpha value is -3.15. The van der Waals surface area contributed by atoms with E-state index >= 15 is 0 Å². The Morgan fingerprint density at radius 1 is 1.20 bits per heavy atom. The predicted molar refractivity (Wildman–Crippen MR) is 92.8 cm³/mol. The summed E-state index contributed by atoms with van der Waals surface area (Å²) in [5, 5.41) is 2.66. The van der Waals surface area contributed by atoms with E-state index in [1.165, 1.54) is 25.3 Å². The van der Waals surface area contributed by atoms with Gasteiger partial charge in [-0.3, -0.25) is 4.79 Å². The monoisotopic (exact) mass is 343 g/mol. The topological polar surface area (TPSA) is 64.6 Å². The minimum atomic E-state index is -0.698. The average Bonchev–Trinajstić information content (AvgIpc) is 2.60. The lowest BCUT2D eigenvalue weighted by atomic mass is 10.2. The molecule has 2 rings (SSSR count). The number of benzene rings is 2. The van der Waals surface area contributed by atoms with Crippen LogP contribution in [0.1, 0.15) is 11.1 Å². The molecule has 0 aliphatic carbocycles. The summed E-state index contributed by atoms with van der Waals surface area (Å²) in [4.78, 5) is 23.4. The van der Waals surface area contributed by atoms with E-state index in [4.69, 9.17) is 9.47 Å². The van der Waals surface area contributed by atoms with Gasteiger partial charge in [-0.15, -0.1) is 0 Å². The molecule has 5 nitrogen and oxygen atoms in total. The lowest BCUT2D eigenvalue weighted by Crippen LogP contribution is -2.20. The van der Waals surface area contributed by atoms with Gasteiger partial charge >= 0.3 is 5.97 Å². The molecule has 0 heterocycles. The molecule has 0 aliphatic rings. The van der Waals surface area contributed by atoms with Crippen LogP contribution in [0.4, 0.5) is 10.1 Å². The summed E-state index contributed by atoms with van der Waals surface area (Å²) < 4.78 is 23.2. The molecule has 1 amide bonds. The van der Waals surface area contributed by atoms with E-state index in [1.807, 2.05) is 19.1 Å². The molecular formula is C19H18FNO4. The minimum Gasteiger partial charge on any atom is -0.494 e. The molecule has 0 bridgehead atoms. The van der Waals surface area contributed by atoms with E-state index in [0.29, 0.717) is 11.3 Å². The Balaban J connectivity index is 1.85. The summed E-state index contributed by atoms with van der Waals surface area (Å²) >= 11 is 0. The molecule has 0 aromatic heterocycles. The third-order valence-corrected chi connectivity index (χ3v) is 3.35. The third kappa shape index (κ3) is 5.46. The maximum Gasteiger partial charge on any atom is 0.331 e. The van der Waals surface area contributed by atoms with E-state index in [1.54, 1.807) is 18.2 Å². The summed E-state index contributed by atoms with van der Waals surface area (Å²) in [6.07, 6.45) is 2.52. The normalized spacial score (nSPS) is 10.5. The van der Waals surface area contributed by atoms with Crippen LogP contribution in [-0.4, -0.2) is 25.6 Å². The quantitative estimate of drug-likeness (QED) is 0.645. The Kier molecular flexibility index (Phi) is 6.28.